The number of nitrogens with one attached hydrogen (secondary N) is 1. The highest BCUT2D eigenvalue weighted by Crippen LogP contribution is 2.15. The van der Waals surface area contributed by atoms with Crippen molar-refractivity contribution in [2.45, 2.75) is 0 Å². The molecule has 15 heavy (non-hydrogen) atoms. The van der Waals surface area contributed by atoms with Crippen molar-refractivity contribution in [3.8, 4) is 0 Å². The molecular formula is C12H10N2O. The zero-order valence-corrected chi connectivity index (χ0v) is 8.05. The van der Waals surface area contributed by atoms with Crippen LogP contribution in [0.15, 0.2) is 48.8 Å². The van der Waals surface area contributed by atoms with Crippen molar-refractivity contribution >= 4 is 17.7 Å². The Bertz CT molecular complexity index is 437. The zero-order valence-electron chi connectivity index (χ0n) is 8.05. The van der Waals surface area contributed by atoms with Crippen LogP contribution in [0.4, 0.5) is 11.4 Å². The predicted molar refractivity (Wildman–Crippen MR) is 59.3 cm³/mol. The fraction of sp³-hybridized carbons (Fsp3) is 0. The van der Waals surface area contributed by atoms with Crippen LogP contribution in [0.1, 0.15) is 10.4 Å². The Morgan fingerprint density at radius 2 is 1.53 bits per heavy atom. The van der Waals surface area contributed by atoms with E-state index in [9.17, 15) is 4.79 Å². The van der Waals surface area contributed by atoms with E-state index in [1.807, 2.05) is 24.3 Å². The van der Waals surface area contributed by atoms with Crippen LogP contribution in [0, 0.1) is 0 Å². The Balaban J connectivity index is 2.15. The van der Waals surface area contributed by atoms with Crippen molar-refractivity contribution in [1.82, 2.24) is 4.98 Å². The van der Waals surface area contributed by atoms with Crippen LogP contribution in [-0.2, 0) is 0 Å². The normalized spacial score (nSPS) is 9.60. The molecule has 0 unspecified atom stereocenters. The number of pyridine rings is 1. The van der Waals surface area contributed by atoms with Crippen molar-refractivity contribution in [3.63, 3.8) is 0 Å². The molecule has 3 nitrogen and oxygen atoms in total. The minimum absolute atomic E-state index is 0.676. The lowest BCUT2D eigenvalue weighted by atomic mass is 10.2. The van der Waals surface area contributed by atoms with Gasteiger partial charge in [-0.05, 0) is 36.4 Å². The number of aldehydes is 1. The smallest absolute Gasteiger partial charge is 0.150 e. The van der Waals surface area contributed by atoms with Gasteiger partial charge >= 0.3 is 0 Å². The van der Waals surface area contributed by atoms with Gasteiger partial charge in [0.2, 0.25) is 0 Å². The summed E-state index contributed by atoms with van der Waals surface area (Å²) >= 11 is 0. The van der Waals surface area contributed by atoms with E-state index in [4.69, 9.17) is 0 Å². The van der Waals surface area contributed by atoms with Gasteiger partial charge < -0.3 is 5.32 Å². The maximum absolute atomic E-state index is 10.4. The molecule has 0 aliphatic rings. The van der Waals surface area contributed by atoms with E-state index in [1.165, 1.54) is 0 Å². The average molecular weight is 198 g/mol. The molecule has 1 N–H and O–H groups in total. The van der Waals surface area contributed by atoms with Crippen molar-refractivity contribution in [1.29, 1.82) is 0 Å². The first kappa shape index (κ1) is 9.40. The van der Waals surface area contributed by atoms with Crippen LogP contribution in [0.25, 0.3) is 0 Å². The molecule has 0 bridgehead atoms. The second-order valence-electron chi connectivity index (χ2n) is 3.10. The van der Waals surface area contributed by atoms with Gasteiger partial charge in [-0.2, -0.15) is 0 Å². The molecule has 0 aliphatic heterocycles. The molecule has 0 radical (unpaired) electrons. The van der Waals surface area contributed by atoms with Gasteiger partial charge in [-0.3, -0.25) is 9.78 Å². The lowest BCUT2D eigenvalue weighted by molar-refractivity contribution is 0.112. The van der Waals surface area contributed by atoms with Crippen molar-refractivity contribution in [2.75, 3.05) is 5.32 Å². The summed E-state index contributed by atoms with van der Waals surface area (Å²) in [5, 5.41) is 3.20. The van der Waals surface area contributed by atoms with E-state index >= 15 is 0 Å². The first-order valence-electron chi connectivity index (χ1n) is 4.61. The topological polar surface area (TPSA) is 42.0 Å². The van der Waals surface area contributed by atoms with Gasteiger partial charge in [-0.1, -0.05) is 0 Å². The van der Waals surface area contributed by atoms with E-state index in [1.54, 1.807) is 24.5 Å². The van der Waals surface area contributed by atoms with Crippen LogP contribution < -0.4 is 5.32 Å². The zero-order chi connectivity index (χ0) is 10.5. The fourth-order valence-corrected chi connectivity index (χ4v) is 1.25. The maximum Gasteiger partial charge on any atom is 0.150 e. The van der Waals surface area contributed by atoms with Crippen LogP contribution >= 0.6 is 0 Å². The molecule has 0 amide bonds. The van der Waals surface area contributed by atoms with E-state index in [2.05, 4.69) is 10.3 Å². The first-order valence-corrected chi connectivity index (χ1v) is 4.61. The number of carbonyl (C=O) groups excluding carboxylic acids is 1. The minimum atomic E-state index is 0.676. The van der Waals surface area contributed by atoms with Crippen LogP contribution in [0.5, 0.6) is 0 Å². The third-order valence-corrected chi connectivity index (χ3v) is 2.02. The van der Waals surface area contributed by atoms with Gasteiger partial charge in [0, 0.05) is 29.3 Å². The number of rotatable bonds is 3. The summed E-state index contributed by atoms with van der Waals surface area (Å²) in [7, 11) is 0. The molecule has 0 spiro atoms. The Hall–Kier alpha value is -2.16. The summed E-state index contributed by atoms with van der Waals surface area (Å²) in [5.41, 5.74) is 2.60. The van der Waals surface area contributed by atoms with Gasteiger partial charge in [0.1, 0.15) is 6.29 Å². The Kier molecular flexibility index (Phi) is 2.74. The van der Waals surface area contributed by atoms with Crippen molar-refractivity contribution < 1.29 is 4.79 Å². The van der Waals surface area contributed by atoms with Crippen molar-refractivity contribution in [2.24, 2.45) is 0 Å². The maximum atomic E-state index is 10.4. The molecule has 0 fully saturated rings. The molecule has 74 valence electrons. The van der Waals surface area contributed by atoms with Gasteiger partial charge in [0.05, 0.1) is 0 Å². The number of aromatic nitrogens is 1. The van der Waals surface area contributed by atoms with E-state index in [0.717, 1.165) is 17.7 Å². The second-order valence-corrected chi connectivity index (χ2v) is 3.10. The molecule has 0 saturated carbocycles. The highest BCUT2D eigenvalue weighted by Gasteiger charge is 1.94. The predicted octanol–water partition coefficient (Wildman–Crippen LogP) is 2.64. The summed E-state index contributed by atoms with van der Waals surface area (Å²) < 4.78 is 0. The highest BCUT2D eigenvalue weighted by atomic mass is 16.1. The Labute approximate surface area is 87.8 Å². The SMILES string of the molecule is O=Cc1ccc(Nc2ccncc2)cc1. The van der Waals surface area contributed by atoms with E-state index < -0.39 is 0 Å². The van der Waals surface area contributed by atoms with Gasteiger partial charge in [0.25, 0.3) is 0 Å². The molecule has 0 atom stereocenters. The molecule has 0 aliphatic carbocycles. The minimum Gasteiger partial charge on any atom is -0.355 e. The van der Waals surface area contributed by atoms with Gasteiger partial charge in [0.15, 0.2) is 0 Å². The lowest BCUT2D eigenvalue weighted by Crippen LogP contribution is -1.90. The highest BCUT2D eigenvalue weighted by molar-refractivity contribution is 5.76. The summed E-state index contributed by atoms with van der Waals surface area (Å²) in [4.78, 5) is 14.4. The van der Waals surface area contributed by atoms with Crippen LogP contribution in [0.2, 0.25) is 0 Å². The monoisotopic (exact) mass is 198 g/mol. The quantitative estimate of drug-likeness (QED) is 0.771. The largest absolute Gasteiger partial charge is 0.355 e. The molecular weight excluding hydrogens is 188 g/mol. The average Bonchev–Trinajstić information content (AvgIpc) is 2.31. The van der Waals surface area contributed by atoms with E-state index in [0.29, 0.717) is 5.56 Å². The van der Waals surface area contributed by atoms with Crippen LogP contribution in [0.3, 0.4) is 0 Å². The summed E-state index contributed by atoms with van der Waals surface area (Å²) in [6.45, 7) is 0. The second kappa shape index (κ2) is 4.37. The number of nitrogens with zero attached hydrogens (tertiary/aromatic N) is 1. The summed E-state index contributed by atoms with van der Waals surface area (Å²) in [6, 6.07) is 11.0. The molecule has 3 heteroatoms. The molecule has 2 rings (SSSR count). The standard InChI is InChI=1S/C12H10N2O/c15-9-10-1-3-11(4-2-10)14-12-5-7-13-8-6-12/h1-9H,(H,13,14). The molecule has 1 aromatic carbocycles. The van der Waals surface area contributed by atoms with Crippen LogP contribution in [-0.4, -0.2) is 11.3 Å². The molecule has 2 aromatic rings. The van der Waals surface area contributed by atoms with Gasteiger partial charge in [-0.25, -0.2) is 0 Å². The van der Waals surface area contributed by atoms with Gasteiger partial charge in [-0.15, -0.1) is 0 Å². The number of anilines is 2. The fourth-order valence-electron chi connectivity index (χ4n) is 1.25. The Morgan fingerprint density at radius 3 is 2.13 bits per heavy atom. The summed E-state index contributed by atoms with van der Waals surface area (Å²) in [5.74, 6) is 0. The first-order chi connectivity index (χ1) is 7.38. The molecule has 1 aromatic heterocycles. The lowest BCUT2D eigenvalue weighted by Gasteiger charge is -2.05. The summed E-state index contributed by atoms with van der Waals surface area (Å²) in [6.07, 6.45) is 4.28. The number of hydrogen-bond acceptors (Lipinski definition) is 3. The number of carbonyl (C=O) groups is 1. The van der Waals surface area contributed by atoms with Crippen molar-refractivity contribution in [3.05, 3.63) is 54.4 Å². The van der Waals surface area contributed by atoms with E-state index in [-0.39, 0.29) is 0 Å². The Morgan fingerprint density at radius 1 is 0.933 bits per heavy atom. The molecule has 1 heterocycles. The third kappa shape index (κ3) is 2.40. The number of benzene rings is 1. The molecule has 0 saturated heterocycles. The number of hydrogen-bond donors (Lipinski definition) is 1. The third-order valence-electron chi connectivity index (χ3n) is 2.02.